The van der Waals surface area contributed by atoms with Crippen LogP contribution in [-0.4, -0.2) is 23.3 Å². The normalized spacial score (nSPS) is 13.2. The molecule has 1 aromatic carbocycles. The summed E-state index contributed by atoms with van der Waals surface area (Å²) in [5.74, 6) is -4.77. The van der Waals surface area contributed by atoms with Crippen LogP contribution in [0, 0.1) is 0 Å². The average Bonchev–Trinajstić information content (AvgIpc) is 2.42. The lowest BCUT2D eigenvalue weighted by Gasteiger charge is -2.15. The van der Waals surface area contributed by atoms with Crippen molar-refractivity contribution in [2.75, 3.05) is 0 Å². The molecule has 0 amide bonds. The zero-order chi connectivity index (χ0) is 14.9. The fraction of sp³-hybridized carbons (Fsp3) is 0.167. The molecule has 0 atom stereocenters. The molecule has 1 N–H and O–H groups in total. The molecular formula is C12H7F4NO3. The number of nitrogens with zero attached hydrogens (tertiary/aromatic N) is 1. The summed E-state index contributed by atoms with van der Waals surface area (Å²) in [6, 6.07) is 5.67. The summed E-state index contributed by atoms with van der Waals surface area (Å²) in [7, 11) is 0. The SMILES string of the molecule is O=c1c(/C(=N/O)C(F)(F)C(F)F)coc2ccccc12. The molecule has 0 radical (unpaired) electrons. The third-order valence-corrected chi connectivity index (χ3v) is 2.62. The predicted molar refractivity (Wildman–Crippen MR) is 61.8 cm³/mol. The number of oxime groups is 1. The number of alkyl halides is 4. The van der Waals surface area contributed by atoms with E-state index in [4.69, 9.17) is 9.62 Å². The summed E-state index contributed by atoms with van der Waals surface area (Å²) in [5, 5.41) is 10.6. The van der Waals surface area contributed by atoms with E-state index in [0.29, 0.717) is 6.26 Å². The van der Waals surface area contributed by atoms with Crippen LogP contribution in [0.2, 0.25) is 0 Å². The number of para-hydroxylation sites is 1. The van der Waals surface area contributed by atoms with E-state index in [1.54, 1.807) is 6.07 Å². The van der Waals surface area contributed by atoms with Gasteiger partial charge in [0.05, 0.1) is 10.9 Å². The van der Waals surface area contributed by atoms with E-state index in [0.717, 1.165) is 0 Å². The van der Waals surface area contributed by atoms with Crippen molar-refractivity contribution in [2.45, 2.75) is 12.3 Å². The molecule has 0 aliphatic rings. The Bertz CT molecular complexity index is 724. The first-order valence-electron chi connectivity index (χ1n) is 5.29. The van der Waals surface area contributed by atoms with Crippen LogP contribution in [-0.2, 0) is 0 Å². The quantitative estimate of drug-likeness (QED) is 0.409. The lowest BCUT2D eigenvalue weighted by Crippen LogP contribution is -2.39. The van der Waals surface area contributed by atoms with Crippen LogP contribution in [0.1, 0.15) is 5.56 Å². The van der Waals surface area contributed by atoms with Crippen LogP contribution < -0.4 is 5.43 Å². The molecule has 0 aliphatic heterocycles. The van der Waals surface area contributed by atoms with Crippen LogP contribution in [0.4, 0.5) is 17.6 Å². The molecule has 0 unspecified atom stereocenters. The standard InChI is InChI=1S/C12H7F4NO3/c13-11(14)12(15,16)10(17-19)7-5-20-8-4-2-1-3-6(8)9(7)18/h1-5,11,19H/b17-10-. The molecule has 2 rings (SSSR count). The van der Waals surface area contributed by atoms with Gasteiger partial charge >= 0.3 is 12.3 Å². The van der Waals surface area contributed by atoms with Crippen molar-refractivity contribution in [3.8, 4) is 0 Å². The molecule has 1 heterocycles. The highest BCUT2D eigenvalue weighted by Crippen LogP contribution is 2.27. The van der Waals surface area contributed by atoms with Crippen molar-refractivity contribution in [1.82, 2.24) is 0 Å². The minimum Gasteiger partial charge on any atom is -0.463 e. The Labute approximate surface area is 108 Å². The summed E-state index contributed by atoms with van der Waals surface area (Å²) in [5.41, 5.74) is -3.54. The summed E-state index contributed by atoms with van der Waals surface area (Å²) in [4.78, 5) is 12.0. The third kappa shape index (κ3) is 2.13. The number of rotatable bonds is 3. The molecule has 0 saturated carbocycles. The maximum absolute atomic E-state index is 13.3. The smallest absolute Gasteiger partial charge is 0.353 e. The number of halogens is 4. The van der Waals surface area contributed by atoms with Gasteiger partial charge in [0, 0.05) is 0 Å². The maximum Gasteiger partial charge on any atom is 0.353 e. The van der Waals surface area contributed by atoms with Gasteiger partial charge in [0.1, 0.15) is 11.8 Å². The van der Waals surface area contributed by atoms with Gasteiger partial charge in [-0.1, -0.05) is 17.3 Å². The van der Waals surface area contributed by atoms with Crippen molar-refractivity contribution in [1.29, 1.82) is 0 Å². The Hall–Kier alpha value is -2.38. The molecule has 2 aromatic rings. The third-order valence-electron chi connectivity index (χ3n) is 2.62. The first kappa shape index (κ1) is 14.0. The largest absolute Gasteiger partial charge is 0.463 e. The van der Waals surface area contributed by atoms with Crippen molar-refractivity contribution in [3.63, 3.8) is 0 Å². The van der Waals surface area contributed by atoms with Gasteiger partial charge in [0.25, 0.3) is 0 Å². The molecule has 106 valence electrons. The molecule has 1 aromatic heterocycles. The molecule has 0 bridgehead atoms. The average molecular weight is 289 g/mol. The number of hydrogen-bond donors (Lipinski definition) is 1. The van der Waals surface area contributed by atoms with Gasteiger partial charge in [0.15, 0.2) is 5.71 Å². The first-order chi connectivity index (χ1) is 9.39. The van der Waals surface area contributed by atoms with E-state index in [2.05, 4.69) is 5.16 Å². The Kier molecular flexibility index (Phi) is 3.47. The zero-order valence-electron chi connectivity index (χ0n) is 9.69. The summed E-state index contributed by atoms with van der Waals surface area (Å²) in [6.45, 7) is 0. The topological polar surface area (TPSA) is 62.8 Å². The van der Waals surface area contributed by atoms with Crippen LogP contribution >= 0.6 is 0 Å². The summed E-state index contributed by atoms with van der Waals surface area (Å²) in [6.07, 6.45) is -3.56. The number of fused-ring (bicyclic) bond motifs is 1. The van der Waals surface area contributed by atoms with Crippen molar-refractivity contribution >= 4 is 16.7 Å². The Morgan fingerprint density at radius 1 is 1.30 bits per heavy atom. The maximum atomic E-state index is 13.3. The van der Waals surface area contributed by atoms with Crippen LogP contribution in [0.5, 0.6) is 0 Å². The minimum absolute atomic E-state index is 0.0868. The van der Waals surface area contributed by atoms with Crippen LogP contribution in [0.15, 0.2) is 44.9 Å². The van der Waals surface area contributed by atoms with E-state index in [9.17, 15) is 22.4 Å². The Morgan fingerprint density at radius 2 is 1.95 bits per heavy atom. The van der Waals surface area contributed by atoms with E-state index in [1.165, 1.54) is 18.2 Å². The van der Waals surface area contributed by atoms with Gasteiger partial charge in [-0.2, -0.15) is 8.78 Å². The van der Waals surface area contributed by atoms with E-state index in [1.807, 2.05) is 0 Å². The molecule has 0 spiro atoms. The number of hydrogen-bond acceptors (Lipinski definition) is 4. The van der Waals surface area contributed by atoms with Gasteiger partial charge in [-0.25, -0.2) is 8.78 Å². The van der Waals surface area contributed by atoms with Gasteiger partial charge < -0.3 is 9.62 Å². The molecule has 0 saturated heterocycles. The molecule has 8 heteroatoms. The van der Waals surface area contributed by atoms with Crippen molar-refractivity contribution in [2.24, 2.45) is 5.16 Å². The predicted octanol–water partition coefficient (Wildman–Crippen LogP) is 2.87. The minimum atomic E-state index is -4.77. The molecule has 0 fully saturated rings. The molecule has 0 aliphatic carbocycles. The monoisotopic (exact) mass is 289 g/mol. The van der Waals surface area contributed by atoms with E-state index < -0.39 is 29.1 Å². The van der Waals surface area contributed by atoms with Crippen molar-refractivity contribution < 1.29 is 27.2 Å². The highest BCUT2D eigenvalue weighted by atomic mass is 19.3. The second kappa shape index (κ2) is 4.95. The van der Waals surface area contributed by atoms with Gasteiger partial charge in [-0.15, -0.1) is 0 Å². The zero-order valence-corrected chi connectivity index (χ0v) is 9.69. The van der Waals surface area contributed by atoms with Gasteiger partial charge in [0.2, 0.25) is 5.43 Å². The van der Waals surface area contributed by atoms with E-state index >= 15 is 0 Å². The summed E-state index contributed by atoms with van der Waals surface area (Å²) < 4.78 is 56.0. The fourth-order valence-electron chi connectivity index (χ4n) is 1.64. The van der Waals surface area contributed by atoms with E-state index in [-0.39, 0.29) is 11.0 Å². The van der Waals surface area contributed by atoms with Crippen LogP contribution in [0.25, 0.3) is 11.0 Å². The Morgan fingerprint density at radius 3 is 2.55 bits per heavy atom. The lowest BCUT2D eigenvalue weighted by atomic mass is 10.0. The Balaban J connectivity index is 2.69. The molecular weight excluding hydrogens is 282 g/mol. The van der Waals surface area contributed by atoms with Gasteiger partial charge in [-0.05, 0) is 12.1 Å². The van der Waals surface area contributed by atoms with Gasteiger partial charge in [-0.3, -0.25) is 4.79 Å². The molecule has 4 nitrogen and oxygen atoms in total. The second-order valence-electron chi connectivity index (χ2n) is 3.85. The van der Waals surface area contributed by atoms with Crippen molar-refractivity contribution in [3.05, 3.63) is 46.3 Å². The fourth-order valence-corrected chi connectivity index (χ4v) is 1.64. The first-order valence-corrected chi connectivity index (χ1v) is 5.29. The second-order valence-corrected chi connectivity index (χ2v) is 3.85. The number of benzene rings is 1. The summed E-state index contributed by atoms with van der Waals surface area (Å²) >= 11 is 0. The lowest BCUT2D eigenvalue weighted by molar-refractivity contribution is -0.0760. The van der Waals surface area contributed by atoms with Crippen LogP contribution in [0.3, 0.4) is 0 Å². The highest BCUT2D eigenvalue weighted by Gasteiger charge is 2.48. The highest BCUT2D eigenvalue weighted by molar-refractivity contribution is 6.06. The molecule has 20 heavy (non-hydrogen) atoms.